The second-order valence-corrected chi connectivity index (χ2v) is 5.61. The largest absolute Gasteiger partial charge is 0.389 e. The summed E-state index contributed by atoms with van der Waals surface area (Å²) < 4.78 is 14.3. The van der Waals surface area contributed by atoms with Crippen LogP contribution in [0.1, 0.15) is 12.5 Å². The van der Waals surface area contributed by atoms with E-state index in [0.717, 1.165) is 21.4 Å². The predicted molar refractivity (Wildman–Crippen MR) is 89.1 cm³/mol. The number of nitrogens with two attached hydrogens (primary N) is 1. The minimum atomic E-state index is -0.269. The number of hydrogen-bond donors (Lipinski definition) is 1. The Morgan fingerprint density at radius 1 is 1.30 bits per heavy atom. The van der Waals surface area contributed by atoms with Crippen LogP contribution in [0.15, 0.2) is 46.9 Å². The van der Waals surface area contributed by atoms with Gasteiger partial charge in [0.15, 0.2) is 0 Å². The summed E-state index contributed by atoms with van der Waals surface area (Å²) in [6.07, 6.45) is 0. The van der Waals surface area contributed by atoms with Crippen molar-refractivity contribution in [1.29, 1.82) is 0 Å². The molecule has 20 heavy (non-hydrogen) atoms. The predicted octanol–water partition coefficient (Wildman–Crippen LogP) is 4.38. The Hall–Kier alpha value is -1.46. The van der Waals surface area contributed by atoms with Crippen molar-refractivity contribution >= 4 is 44.5 Å². The fourth-order valence-electron chi connectivity index (χ4n) is 2.08. The summed E-state index contributed by atoms with van der Waals surface area (Å²) in [5.74, 6) is -0.269. The first kappa shape index (κ1) is 14.9. The first-order chi connectivity index (χ1) is 9.52. The smallest absolute Gasteiger partial charge is 0.125 e. The van der Waals surface area contributed by atoms with Gasteiger partial charge in [-0.1, -0.05) is 34.2 Å². The molecule has 0 radical (unpaired) electrons. The number of rotatable bonds is 4. The minimum Gasteiger partial charge on any atom is -0.389 e. The second-order valence-electron chi connectivity index (χ2n) is 4.25. The molecule has 2 aromatic rings. The van der Waals surface area contributed by atoms with Crippen molar-refractivity contribution in [3.05, 3.63) is 58.3 Å². The highest BCUT2D eigenvalue weighted by Gasteiger charge is 2.14. The van der Waals surface area contributed by atoms with Gasteiger partial charge in [0.1, 0.15) is 10.8 Å². The van der Waals surface area contributed by atoms with E-state index < -0.39 is 0 Å². The van der Waals surface area contributed by atoms with Gasteiger partial charge in [-0.2, -0.15) is 0 Å². The van der Waals surface area contributed by atoms with E-state index in [1.165, 1.54) is 12.1 Å². The van der Waals surface area contributed by atoms with Gasteiger partial charge in [0, 0.05) is 22.3 Å². The Labute approximate surface area is 131 Å². The highest BCUT2D eigenvalue weighted by Crippen LogP contribution is 2.30. The molecule has 2 rings (SSSR count). The lowest BCUT2D eigenvalue weighted by Crippen LogP contribution is -2.21. The maximum Gasteiger partial charge on any atom is 0.125 e. The van der Waals surface area contributed by atoms with Crippen LogP contribution in [0.4, 0.5) is 15.8 Å². The first-order valence-electron chi connectivity index (χ1n) is 6.15. The Morgan fingerprint density at radius 3 is 2.65 bits per heavy atom. The van der Waals surface area contributed by atoms with E-state index in [2.05, 4.69) is 15.9 Å². The molecular weight excluding hydrogens is 339 g/mol. The zero-order valence-electron chi connectivity index (χ0n) is 10.9. The molecule has 0 aliphatic heterocycles. The van der Waals surface area contributed by atoms with E-state index in [1.807, 2.05) is 36.1 Å². The van der Waals surface area contributed by atoms with E-state index in [4.69, 9.17) is 18.0 Å². The van der Waals surface area contributed by atoms with Crippen LogP contribution in [-0.2, 0) is 0 Å². The average molecular weight is 353 g/mol. The van der Waals surface area contributed by atoms with Crippen molar-refractivity contribution in [2.24, 2.45) is 5.73 Å². The SMILES string of the molecule is CCN(c1cccc(F)c1)c1ccc(Br)cc1C(N)=S. The van der Waals surface area contributed by atoms with Crippen molar-refractivity contribution < 1.29 is 4.39 Å². The highest BCUT2D eigenvalue weighted by atomic mass is 79.9. The topological polar surface area (TPSA) is 29.3 Å². The molecule has 0 bridgehead atoms. The van der Waals surface area contributed by atoms with Crippen LogP contribution in [0.2, 0.25) is 0 Å². The van der Waals surface area contributed by atoms with Crippen LogP contribution in [0.5, 0.6) is 0 Å². The molecule has 0 aromatic heterocycles. The van der Waals surface area contributed by atoms with Gasteiger partial charge in [0.2, 0.25) is 0 Å². The van der Waals surface area contributed by atoms with Gasteiger partial charge in [-0.05, 0) is 43.3 Å². The number of nitrogens with zero attached hydrogens (tertiary/aromatic N) is 1. The van der Waals surface area contributed by atoms with Gasteiger partial charge < -0.3 is 10.6 Å². The summed E-state index contributed by atoms with van der Waals surface area (Å²) >= 11 is 8.52. The van der Waals surface area contributed by atoms with E-state index in [-0.39, 0.29) is 5.82 Å². The number of benzene rings is 2. The van der Waals surface area contributed by atoms with Crippen molar-refractivity contribution in [3.63, 3.8) is 0 Å². The Balaban J connectivity index is 2.55. The number of anilines is 2. The number of thiocarbonyl (C=S) groups is 1. The van der Waals surface area contributed by atoms with Gasteiger partial charge >= 0.3 is 0 Å². The summed E-state index contributed by atoms with van der Waals surface area (Å²) in [5.41, 5.74) is 8.20. The third-order valence-corrected chi connectivity index (χ3v) is 3.66. The van der Waals surface area contributed by atoms with Gasteiger partial charge in [-0.25, -0.2) is 4.39 Å². The molecule has 2 aromatic carbocycles. The average Bonchev–Trinajstić information content (AvgIpc) is 2.41. The summed E-state index contributed by atoms with van der Waals surface area (Å²) in [7, 11) is 0. The quantitative estimate of drug-likeness (QED) is 0.827. The normalized spacial score (nSPS) is 10.3. The van der Waals surface area contributed by atoms with Crippen LogP contribution in [-0.4, -0.2) is 11.5 Å². The molecule has 0 fully saturated rings. The highest BCUT2D eigenvalue weighted by molar-refractivity contribution is 9.10. The van der Waals surface area contributed by atoms with E-state index in [0.29, 0.717) is 11.5 Å². The van der Waals surface area contributed by atoms with Gasteiger partial charge in [-0.3, -0.25) is 0 Å². The van der Waals surface area contributed by atoms with Crippen molar-refractivity contribution in [1.82, 2.24) is 0 Å². The van der Waals surface area contributed by atoms with E-state index >= 15 is 0 Å². The van der Waals surface area contributed by atoms with Crippen molar-refractivity contribution in [2.45, 2.75) is 6.92 Å². The van der Waals surface area contributed by atoms with Crippen molar-refractivity contribution in [2.75, 3.05) is 11.4 Å². The van der Waals surface area contributed by atoms with Crippen LogP contribution in [0.25, 0.3) is 0 Å². The molecule has 0 atom stereocenters. The molecule has 104 valence electrons. The fourth-order valence-corrected chi connectivity index (χ4v) is 2.60. The Kier molecular flexibility index (Phi) is 4.73. The fraction of sp³-hybridized carbons (Fsp3) is 0.133. The third kappa shape index (κ3) is 3.16. The zero-order valence-corrected chi connectivity index (χ0v) is 13.3. The third-order valence-electron chi connectivity index (χ3n) is 2.95. The zero-order chi connectivity index (χ0) is 14.7. The Bertz CT molecular complexity index is 646. The molecule has 0 amide bonds. The minimum absolute atomic E-state index is 0.269. The summed E-state index contributed by atoms with van der Waals surface area (Å²) in [6, 6.07) is 12.2. The summed E-state index contributed by atoms with van der Waals surface area (Å²) in [4.78, 5) is 2.29. The van der Waals surface area contributed by atoms with Crippen molar-refractivity contribution in [3.8, 4) is 0 Å². The van der Waals surface area contributed by atoms with Crippen LogP contribution < -0.4 is 10.6 Å². The Morgan fingerprint density at radius 2 is 2.05 bits per heavy atom. The lowest BCUT2D eigenvalue weighted by atomic mass is 10.1. The lowest BCUT2D eigenvalue weighted by Gasteiger charge is -2.26. The lowest BCUT2D eigenvalue weighted by molar-refractivity contribution is 0.627. The van der Waals surface area contributed by atoms with Crippen LogP contribution in [0.3, 0.4) is 0 Å². The molecule has 0 saturated carbocycles. The first-order valence-corrected chi connectivity index (χ1v) is 7.35. The molecule has 0 unspecified atom stereocenters. The summed E-state index contributed by atoms with van der Waals surface area (Å²) in [6.45, 7) is 2.68. The molecule has 0 aliphatic rings. The number of hydrogen-bond acceptors (Lipinski definition) is 2. The maximum absolute atomic E-state index is 13.4. The molecule has 0 saturated heterocycles. The summed E-state index contributed by atoms with van der Waals surface area (Å²) in [5, 5.41) is 0. The molecule has 5 heteroatoms. The molecule has 0 spiro atoms. The van der Waals surface area contributed by atoms with Gasteiger partial charge in [-0.15, -0.1) is 0 Å². The van der Waals surface area contributed by atoms with Gasteiger partial charge in [0.25, 0.3) is 0 Å². The standard InChI is InChI=1S/C15H14BrFN2S/c1-2-19(12-5-3-4-11(17)9-12)14-7-6-10(16)8-13(14)15(18)20/h3-9H,2H2,1H3,(H2,18,20). The molecule has 0 heterocycles. The molecular formula is C15H14BrFN2S. The number of halogens is 2. The van der Waals surface area contributed by atoms with E-state index in [1.54, 1.807) is 6.07 Å². The van der Waals surface area contributed by atoms with Gasteiger partial charge in [0.05, 0.1) is 5.69 Å². The van der Waals surface area contributed by atoms with Crippen LogP contribution >= 0.6 is 28.1 Å². The maximum atomic E-state index is 13.4. The molecule has 0 aliphatic carbocycles. The molecule has 2 nitrogen and oxygen atoms in total. The van der Waals surface area contributed by atoms with Crippen LogP contribution in [0, 0.1) is 5.82 Å². The second kappa shape index (κ2) is 6.33. The molecule has 2 N–H and O–H groups in total. The monoisotopic (exact) mass is 352 g/mol. The van der Waals surface area contributed by atoms with E-state index in [9.17, 15) is 4.39 Å².